The molecule has 1 aliphatic rings. The highest BCUT2D eigenvalue weighted by atomic mass is 16.5. The van der Waals surface area contributed by atoms with Crippen molar-refractivity contribution in [2.45, 2.75) is 32.8 Å². The van der Waals surface area contributed by atoms with Crippen LogP contribution in [0.15, 0.2) is 27.4 Å². The highest BCUT2D eigenvalue weighted by Crippen LogP contribution is 2.31. The van der Waals surface area contributed by atoms with E-state index in [0.717, 1.165) is 18.4 Å². The van der Waals surface area contributed by atoms with E-state index in [1.807, 2.05) is 6.92 Å². The first-order valence-corrected chi connectivity index (χ1v) is 7.03. The van der Waals surface area contributed by atoms with Crippen LogP contribution in [0, 0.1) is 5.92 Å². The lowest BCUT2D eigenvalue weighted by Gasteiger charge is -2.09. The van der Waals surface area contributed by atoms with Crippen LogP contribution >= 0.6 is 0 Å². The van der Waals surface area contributed by atoms with Crippen LogP contribution in [0.25, 0.3) is 11.0 Å². The van der Waals surface area contributed by atoms with Crippen molar-refractivity contribution in [2.24, 2.45) is 5.92 Å². The van der Waals surface area contributed by atoms with Crippen LogP contribution in [-0.2, 0) is 22.6 Å². The second-order valence-electron chi connectivity index (χ2n) is 5.30. The standard InChI is InChI=1S/C16H16O5/c1-2-9-5-12-11(8-20-16(19)10-3-4-10)6-15(18)21-14(12)7-13(9)17/h5-7,10,17H,2-4,8H2,1H3. The van der Waals surface area contributed by atoms with E-state index in [2.05, 4.69) is 0 Å². The Hall–Kier alpha value is -2.30. The number of fused-ring (bicyclic) bond motifs is 1. The van der Waals surface area contributed by atoms with Crippen LogP contribution in [0.4, 0.5) is 0 Å². The number of hydrogen-bond acceptors (Lipinski definition) is 5. The number of phenolic OH excluding ortho intramolecular Hbond substituents is 1. The molecule has 3 rings (SSSR count). The van der Waals surface area contributed by atoms with Gasteiger partial charge in [-0.3, -0.25) is 4.79 Å². The van der Waals surface area contributed by atoms with Crippen LogP contribution in [0.2, 0.25) is 0 Å². The van der Waals surface area contributed by atoms with Crippen molar-refractivity contribution in [3.05, 3.63) is 39.7 Å². The average molecular weight is 288 g/mol. The predicted molar refractivity (Wildman–Crippen MR) is 76.0 cm³/mol. The van der Waals surface area contributed by atoms with E-state index in [1.165, 1.54) is 12.1 Å². The molecule has 2 aromatic rings. The van der Waals surface area contributed by atoms with E-state index in [4.69, 9.17) is 9.15 Å². The largest absolute Gasteiger partial charge is 0.508 e. The molecule has 0 bridgehead atoms. The van der Waals surface area contributed by atoms with Crippen molar-refractivity contribution in [1.82, 2.24) is 0 Å². The highest BCUT2D eigenvalue weighted by Gasteiger charge is 2.31. The molecule has 1 aliphatic carbocycles. The van der Waals surface area contributed by atoms with Gasteiger partial charge in [-0.1, -0.05) is 6.92 Å². The molecule has 0 unspecified atom stereocenters. The van der Waals surface area contributed by atoms with Crippen molar-refractivity contribution >= 4 is 16.9 Å². The highest BCUT2D eigenvalue weighted by molar-refractivity contribution is 5.83. The summed E-state index contributed by atoms with van der Waals surface area (Å²) in [6.07, 6.45) is 2.41. The van der Waals surface area contributed by atoms with Gasteiger partial charge in [0.15, 0.2) is 0 Å². The Morgan fingerprint density at radius 1 is 1.33 bits per heavy atom. The Morgan fingerprint density at radius 2 is 2.10 bits per heavy atom. The van der Waals surface area contributed by atoms with Gasteiger partial charge in [0.1, 0.15) is 17.9 Å². The number of benzene rings is 1. The first-order chi connectivity index (χ1) is 10.1. The van der Waals surface area contributed by atoms with Gasteiger partial charge >= 0.3 is 11.6 Å². The lowest BCUT2D eigenvalue weighted by atomic mass is 10.0. The van der Waals surface area contributed by atoms with Gasteiger partial charge in [0, 0.05) is 23.1 Å². The zero-order chi connectivity index (χ0) is 15.0. The SMILES string of the molecule is CCc1cc2c(COC(=O)C3CC3)cc(=O)oc2cc1O. The normalized spacial score (nSPS) is 14.3. The fraction of sp³-hybridized carbons (Fsp3) is 0.375. The van der Waals surface area contributed by atoms with Crippen LogP contribution in [0.1, 0.15) is 30.9 Å². The first-order valence-electron chi connectivity index (χ1n) is 7.03. The van der Waals surface area contributed by atoms with E-state index in [9.17, 15) is 14.7 Å². The molecule has 0 aliphatic heterocycles. The summed E-state index contributed by atoms with van der Waals surface area (Å²) >= 11 is 0. The van der Waals surface area contributed by atoms with E-state index in [-0.39, 0.29) is 24.2 Å². The summed E-state index contributed by atoms with van der Waals surface area (Å²) in [7, 11) is 0. The lowest BCUT2D eigenvalue weighted by Crippen LogP contribution is -2.09. The minimum Gasteiger partial charge on any atom is -0.508 e. The second-order valence-corrected chi connectivity index (χ2v) is 5.30. The molecule has 110 valence electrons. The third-order valence-corrected chi connectivity index (χ3v) is 3.69. The molecule has 1 N–H and O–H groups in total. The molecule has 0 radical (unpaired) electrons. The maximum atomic E-state index is 11.6. The Bertz CT molecular complexity index is 755. The summed E-state index contributed by atoms with van der Waals surface area (Å²) in [5.41, 5.74) is 1.13. The number of aromatic hydroxyl groups is 1. The van der Waals surface area contributed by atoms with Gasteiger partial charge in [0.05, 0.1) is 5.92 Å². The maximum Gasteiger partial charge on any atom is 0.336 e. The number of hydrogen-bond donors (Lipinski definition) is 1. The second kappa shape index (κ2) is 5.24. The summed E-state index contributed by atoms with van der Waals surface area (Å²) in [6.45, 7) is 1.97. The number of aryl methyl sites for hydroxylation is 1. The summed E-state index contributed by atoms with van der Waals surface area (Å²) < 4.78 is 10.3. The van der Waals surface area contributed by atoms with Crippen molar-refractivity contribution in [1.29, 1.82) is 0 Å². The number of esters is 1. The molecule has 1 fully saturated rings. The third-order valence-electron chi connectivity index (χ3n) is 3.69. The summed E-state index contributed by atoms with van der Waals surface area (Å²) in [5.74, 6) is -0.0993. The molecule has 0 amide bonds. The van der Waals surface area contributed by atoms with Gasteiger partial charge in [0.25, 0.3) is 0 Å². The van der Waals surface area contributed by atoms with Crippen LogP contribution in [-0.4, -0.2) is 11.1 Å². The number of rotatable bonds is 4. The Balaban J connectivity index is 1.98. The van der Waals surface area contributed by atoms with Gasteiger partial charge < -0.3 is 14.3 Å². The lowest BCUT2D eigenvalue weighted by molar-refractivity contribution is -0.146. The zero-order valence-corrected chi connectivity index (χ0v) is 11.7. The third kappa shape index (κ3) is 2.77. The van der Waals surface area contributed by atoms with Crippen LogP contribution in [0.3, 0.4) is 0 Å². The fourth-order valence-corrected chi connectivity index (χ4v) is 2.30. The van der Waals surface area contributed by atoms with Crippen molar-refractivity contribution in [2.75, 3.05) is 0 Å². The number of carbonyl (C=O) groups is 1. The molecule has 0 atom stereocenters. The molecular weight excluding hydrogens is 272 g/mol. The molecule has 0 saturated heterocycles. The van der Waals surface area contributed by atoms with Crippen molar-refractivity contribution in [3.8, 4) is 5.75 Å². The Morgan fingerprint density at radius 3 is 2.76 bits per heavy atom. The van der Waals surface area contributed by atoms with Crippen LogP contribution in [0.5, 0.6) is 5.75 Å². The summed E-state index contributed by atoms with van der Waals surface area (Å²) in [6, 6.07) is 4.54. The number of ether oxygens (including phenoxy) is 1. The van der Waals surface area contributed by atoms with Crippen LogP contribution < -0.4 is 5.63 Å². The quantitative estimate of drug-likeness (QED) is 0.691. The molecule has 0 spiro atoms. The summed E-state index contributed by atoms with van der Waals surface area (Å²) in [4.78, 5) is 23.2. The van der Waals surface area contributed by atoms with E-state index in [0.29, 0.717) is 23.0 Å². The number of phenols is 1. The Labute approximate surface area is 121 Å². The minimum atomic E-state index is -0.524. The van der Waals surface area contributed by atoms with E-state index < -0.39 is 5.63 Å². The molecule has 1 heterocycles. The summed E-state index contributed by atoms with van der Waals surface area (Å²) in [5, 5.41) is 10.5. The zero-order valence-electron chi connectivity index (χ0n) is 11.7. The smallest absolute Gasteiger partial charge is 0.336 e. The molecule has 1 aromatic heterocycles. The van der Waals surface area contributed by atoms with E-state index in [1.54, 1.807) is 6.07 Å². The van der Waals surface area contributed by atoms with Gasteiger partial charge in [-0.05, 0) is 30.9 Å². The molecule has 21 heavy (non-hydrogen) atoms. The average Bonchev–Trinajstić information content (AvgIpc) is 3.28. The Kier molecular flexibility index (Phi) is 3.41. The van der Waals surface area contributed by atoms with Crippen molar-refractivity contribution < 1.29 is 19.1 Å². The van der Waals surface area contributed by atoms with Crippen molar-refractivity contribution in [3.63, 3.8) is 0 Å². The molecular formula is C16H16O5. The molecule has 5 nitrogen and oxygen atoms in total. The topological polar surface area (TPSA) is 76.7 Å². The van der Waals surface area contributed by atoms with Gasteiger partial charge in [-0.15, -0.1) is 0 Å². The molecule has 5 heteroatoms. The number of carbonyl (C=O) groups excluding carboxylic acids is 1. The maximum absolute atomic E-state index is 11.6. The molecule has 1 saturated carbocycles. The van der Waals surface area contributed by atoms with Gasteiger partial charge in [0.2, 0.25) is 0 Å². The predicted octanol–water partition coefficient (Wildman–Crippen LogP) is 2.51. The monoisotopic (exact) mass is 288 g/mol. The van der Waals surface area contributed by atoms with Gasteiger partial charge in [-0.25, -0.2) is 4.79 Å². The first kappa shape index (κ1) is 13.7. The minimum absolute atomic E-state index is 0.0200. The van der Waals surface area contributed by atoms with Gasteiger partial charge in [-0.2, -0.15) is 0 Å². The molecule has 1 aromatic carbocycles. The van der Waals surface area contributed by atoms with E-state index >= 15 is 0 Å². The fourth-order valence-electron chi connectivity index (χ4n) is 2.30.